The van der Waals surface area contributed by atoms with Gasteiger partial charge in [-0.2, -0.15) is 0 Å². The fraction of sp³-hybridized carbons (Fsp3) is 0.0588. The van der Waals surface area contributed by atoms with Crippen LogP contribution >= 0.6 is 11.8 Å². The van der Waals surface area contributed by atoms with E-state index in [0.29, 0.717) is 22.2 Å². The van der Waals surface area contributed by atoms with Crippen molar-refractivity contribution in [1.29, 1.82) is 0 Å². The molecule has 2 aromatic rings. The molecule has 1 fully saturated rings. The maximum absolute atomic E-state index is 11.9. The molecule has 4 nitrogen and oxygen atoms in total. The van der Waals surface area contributed by atoms with E-state index in [4.69, 9.17) is 0 Å². The van der Waals surface area contributed by atoms with Crippen LogP contribution in [0.15, 0.2) is 64.5 Å². The van der Waals surface area contributed by atoms with Gasteiger partial charge in [-0.3, -0.25) is 9.79 Å². The Hall–Kier alpha value is -2.53. The number of amides is 1. The highest BCUT2D eigenvalue weighted by molar-refractivity contribution is 8.18. The van der Waals surface area contributed by atoms with Gasteiger partial charge in [0.1, 0.15) is 5.75 Å². The highest BCUT2D eigenvalue weighted by Gasteiger charge is 2.23. The Labute approximate surface area is 132 Å². The van der Waals surface area contributed by atoms with Crippen molar-refractivity contribution in [2.75, 3.05) is 0 Å². The molecule has 0 bridgehead atoms. The van der Waals surface area contributed by atoms with Crippen LogP contribution in [-0.4, -0.2) is 16.2 Å². The molecule has 1 saturated heterocycles. The minimum absolute atomic E-state index is 0.151. The number of benzene rings is 2. The summed E-state index contributed by atoms with van der Waals surface area (Å²) in [6.07, 6.45) is 1.67. The number of carbonyl (C=O) groups is 1. The number of aromatic hydroxyl groups is 1. The third-order valence-electron chi connectivity index (χ3n) is 3.12. The Morgan fingerprint density at radius 3 is 2.59 bits per heavy atom. The summed E-state index contributed by atoms with van der Waals surface area (Å²) in [5.74, 6) is -0.0434. The van der Waals surface area contributed by atoms with Crippen LogP contribution in [0, 0.1) is 0 Å². The molecule has 2 aromatic carbocycles. The highest BCUT2D eigenvalue weighted by atomic mass is 32.2. The summed E-state index contributed by atoms with van der Waals surface area (Å²) >= 11 is 1.28. The predicted molar refractivity (Wildman–Crippen MR) is 89.4 cm³/mol. The number of thioether (sulfide) groups is 1. The zero-order chi connectivity index (χ0) is 15.4. The van der Waals surface area contributed by atoms with Gasteiger partial charge in [-0.25, -0.2) is 0 Å². The zero-order valence-corrected chi connectivity index (χ0v) is 12.5. The molecule has 5 heteroatoms. The number of rotatable bonds is 3. The fourth-order valence-electron chi connectivity index (χ4n) is 2.00. The van der Waals surface area contributed by atoms with Gasteiger partial charge in [-0.15, -0.1) is 0 Å². The van der Waals surface area contributed by atoms with Gasteiger partial charge in [0.25, 0.3) is 5.91 Å². The predicted octanol–water partition coefficient (Wildman–Crippen LogP) is 3.15. The molecule has 0 radical (unpaired) electrons. The lowest BCUT2D eigenvalue weighted by Crippen LogP contribution is -2.19. The van der Waals surface area contributed by atoms with Crippen molar-refractivity contribution in [3.05, 3.63) is 70.6 Å². The largest absolute Gasteiger partial charge is 0.507 e. The average molecular weight is 310 g/mol. The van der Waals surface area contributed by atoms with E-state index in [1.54, 1.807) is 24.3 Å². The molecule has 3 rings (SSSR count). The Kier molecular flexibility index (Phi) is 4.25. The quantitative estimate of drug-likeness (QED) is 0.856. The molecule has 2 N–H and O–H groups in total. The Morgan fingerprint density at radius 1 is 1.09 bits per heavy atom. The molecule has 1 aliphatic heterocycles. The molecular formula is C17H14N2O2S. The van der Waals surface area contributed by atoms with Gasteiger partial charge in [0.2, 0.25) is 0 Å². The van der Waals surface area contributed by atoms with Gasteiger partial charge in [0.05, 0.1) is 11.4 Å². The highest BCUT2D eigenvalue weighted by Crippen LogP contribution is 2.28. The maximum Gasteiger partial charge on any atom is 0.264 e. The van der Waals surface area contributed by atoms with Gasteiger partial charge in [-0.1, -0.05) is 48.5 Å². The van der Waals surface area contributed by atoms with E-state index < -0.39 is 0 Å². The van der Waals surface area contributed by atoms with Crippen molar-refractivity contribution >= 4 is 28.9 Å². The lowest BCUT2D eigenvalue weighted by Gasteiger charge is -1.98. The SMILES string of the molecule is O=C1NC(=NCc2ccccc2)S/C1=C\c1ccccc1O. The second kappa shape index (κ2) is 6.49. The van der Waals surface area contributed by atoms with E-state index in [-0.39, 0.29) is 11.7 Å². The Bertz CT molecular complexity index is 754. The summed E-state index contributed by atoms with van der Waals surface area (Å²) in [6, 6.07) is 16.8. The topological polar surface area (TPSA) is 61.7 Å². The van der Waals surface area contributed by atoms with E-state index in [1.807, 2.05) is 36.4 Å². The third kappa shape index (κ3) is 3.38. The molecule has 0 aromatic heterocycles. The number of nitrogens with one attached hydrogen (secondary N) is 1. The number of hydrogen-bond donors (Lipinski definition) is 2. The van der Waals surface area contributed by atoms with Crippen molar-refractivity contribution in [2.24, 2.45) is 4.99 Å². The molecule has 110 valence electrons. The molecule has 1 aliphatic rings. The number of nitrogens with zero attached hydrogens (tertiary/aromatic N) is 1. The summed E-state index contributed by atoms with van der Waals surface area (Å²) in [6.45, 7) is 0.521. The monoisotopic (exact) mass is 310 g/mol. The fourth-order valence-corrected chi connectivity index (χ4v) is 2.81. The molecule has 0 spiro atoms. The van der Waals surface area contributed by atoms with Crippen molar-refractivity contribution < 1.29 is 9.90 Å². The summed E-state index contributed by atoms with van der Waals surface area (Å²) < 4.78 is 0. The number of phenolic OH excluding ortho intramolecular Hbond substituents is 1. The van der Waals surface area contributed by atoms with Crippen LogP contribution in [0.3, 0.4) is 0 Å². The van der Waals surface area contributed by atoms with E-state index >= 15 is 0 Å². The van der Waals surface area contributed by atoms with Crippen LogP contribution in [0.25, 0.3) is 6.08 Å². The Balaban J connectivity index is 1.75. The minimum atomic E-state index is -0.194. The normalized spacial score (nSPS) is 17.9. The van der Waals surface area contributed by atoms with Crippen LogP contribution in [0.2, 0.25) is 0 Å². The van der Waals surface area contributed by atoms with Crippen molar-refractivity contribution in [3.63, 3.8) is 0 Å². The summed E-state index contributed by atoms with van der Waals surface area (Å²) in [4.78, 5) is 16.9. The van der Waals surface area contributed by atoms with E-state index in [1.165, 1.54) is 11.8 Å². The first-order valence-corrected chi connectivity index (χ1v) is 7.61. The molecular weight excluding hydrogens is 296 g/mol. The number of amidine groups is 1. The number of carbonyl (C=O) groups excluding carboxylic acids is 1. The van der Waals surface area contributed by atoms with Crippen molar-refractivity contribution in [3.8, 4) is 5.75 Å². The molecule has 1 amide bonds. The third-order valence-corrected chi connectivity index (χ3v) is 4.07. The summed E-state index contributed by atoms with van der Waals surface area (Å²) in [5.41, 5.74) is 1.70. The van der Waals surface area contributed by atoms with Gasteiger partial charge < -0.3 is 10.4 Å². The number of phenols is 1. The van der Waals surface area contributed by atoms with Crippen molar-refractivity contribution in [2.45, 2.75) is 6.54 Å². The lowest BCUT2D eigenvalue weighted by atomic mass is 10.2. The first-order valence-electron chi connectivity index (χ1n) is 6.79. The van der Waals surface area contributed by atoms with Crippen molar-refractivity contribution in [1.82, 2.24) is 5.32 Å². The second-order valence-electron chi connectivity index (χ2n) is 4.73. The van der Waals surface area contributed by atoms with Gasteiger partial charge in [0, 0.05) is 5.56 Å². The van der Waals surface area contributed by atoms with Crippen LogP contribution in [0.5, 0.6) is 5.75 Å². The number of aliphatic imine (C=N–C) groups is 1. The van der Waals surface area contributed by atoms with Crippen LogP contribution in [0.4, 0.5) is 0 Å². The van der Waals surface area contributed by atoms with Gasteiger partial charge in [-0.05, 0) is 29.5 Å². The summed E-state index contributed by atoms with van der Waals surface area (Å²) in [7, 11) is 0. The van der Waals surface area contributed by atoms with Crippen LogP contribution < -0.4 is 5.32 Å². The standard InChI is InChI=1S/C17H14N2O2S/c20-14-9-5-4-8-13(14)10-15-16(21)19-17(22-15)18-11-12-6-2-1-3-7-12/h1-10,20H,11H2,(H,18,19,21)/b15-10-. The molecule has 0 atom stereocenters. The van der Waals surface area contributed by atoms with Crippen LogP contribution in [-0.2, 0) is 11.3 Å². The molecule has 0 unspecified atom stereocenters. The minimum Gasteiger partial charge on any atom is -0.507 e. The second-order valence-corrected chi connectivity index (χ2v) is 5.76. The lowest BCUT2D eigenvalue weighted by molar-refractivity contribution is -0.115. The van der Waals surface area contributed by atoms with E-state index in [2.05, 4.69) is 10.3 Å². The van der Waals surface area contributed by atoms with E-state index in [0.717, 1.165) is 5.56 Å². The molecule has 0 aliphatic carbocycles. The average Bonchev–Trinajstić information content (AvgIpc) is 2.89. The zero-order valence-electron chi connectivity index (χ0n) is 11.7. The first-order chi connectivity index (χ1) is 10.7. The van der Waals surface area contributed by atoms with Gasteiger partial charge >= 0.3 is 0 Å². The molecule has 0 saturated carbocycles. The molecule has 1 heterocycles. The van der Waals surface area contributed by atoms with Crippen LogP contribution in [0.1, 0.15) is 11.1 Å². The number of hydrogen-bond acceptors (Lipinski definition) is 4. The number of para-hydroxylation sites is 1. The first kappa shape index (κ1) is 14.4. The molecule has 22 heavy (non-hydrogen) atoms. The maximum atomic E-state index is 11.9. The van der Waals surface area contributed by atoms with Gasteiger partial charge in [0.15, 0.2) is 5.17 Å². The smallest absolute Gasteiger partial charge is 0.264 e. The van der Waals surface area contributed by atoms with E-state index in [9.17, 15) is 9.90 Å². The Morgan fingerprint density at radius 2 is 1.82 bits per heavy atom. The summed E-state index contributed by atoms with van der Waals surface area (Å²) in [5, 5.41) is 13.1.